The first kappa shape index (κ1) is 14.1. The molecule has 0 aromatic rings. The summed E-state index contributed by atoms with van der Waals surface area (Å²) < 4.78 is 12.0. The van der Waals surface area contributed by atoms with Gasteiger partial charge < -0.3 is 9.47 Å². The molecule has 0 N–H and O–H groups in total. The zero-order valence-electron chi connectivity index (χ0n) is 12.4. The molecule has 18 heavy (non-hydrogen) atoms. The van der Waals surface area contributed by atoms with Crippen molar-refractivity contribution in [1.29, 1.82) is 0 Å². The molecule has 0 radical (unpaired) electrons. The van der Waals surface area contributed by atoms with Gasteiger partial charge in [-0.15, -0.1) is 0 Å². The Hall–Kier alpha value is -0.340. The standard InChI is InChI=1S/C16H28O2/c1-5-6-7-15-17-10-16(11-18-15)13(3)8-12(2)9-14(16)4/h8,13-15H,5-7,9-11H2,1-4H3/t13-,14-,15?,16?/m1/s1. The molecule has 0 unspecified atom stereocenters. The molecule has 1 spiro atoms. The van der Waals surface area contributed by atoms with E-state index in [1.165, 1.54) is 24.8 Å². The fourth-order valence-corrected chi connectivity index (χ4v) is 3.47. The lowest BCUT2D eigenvalue weighted by Gasteiger charge is -2.49. The molecular formula is C16H28O2. The highest BCUT2D eigenvalue weighted by Gasteiger charge is 2.46. The number of hydrogen-bond acceptors (Lipinski definition) is 2. The molecule has 1 aliphatic carbocycles. The Morgan fingerprint density at radius 1 is 1.28 bits per heavy atom. The lowest BCUT2D eigenvalue weighted by atomic mass is 9.63. The quantitative estimate of drug-likeness (QED) is 0.702. The Kier molecular flexibility index (Phi) is 4.50. The van der Waals surface area contributed by atoms with Crippen molar-refractivity contribution < 1.29 is 9.47 Å². The fourth-order valence-electron chi connectivity index (χ4n) is 3.47. The van der Waals surface area contributed by atoms with E-state index in [0.717, 1.165) is 19.6 Å². The molecule has 1 fully saturated rings. The summed E-state index contributed by atoms with van der Waals surface area (Å²) in [5, 5.41) is 0. The van der Waals surface area contributed by atoms with Crippen molar-refractivity contribution in [3.8, 4) is 0 Å². The van der Waals surface area contributed by atoms with E-state index in [0.29, 0.717) is 11.8 Å². The summed E-state index contributed by atoms with van der Waals surface area (Å²) in [6.45, 7) is 10.9. The molecule has 2 rings (SSSR count). The molecule has 2 nitrogen and oxygen atoms in total. The van der Waals surface area contributed by atoms with Crippen molar-refractivity contribution >= 4 is 0 Å². The number of rotatable bonds is 3. The summed E-state index contributed by atoms with van der Waals surface area (Å²) in [6, 6.07) is 0. The van der Waals surface area contributed by atoms with Crippen LogP contribution in [0.3, 0.4) is 0 Å². The van der Waals surface area contributed by atoms with E-state index in [4.69, 9.17) is 9.47 Å². The highest BCUT2D eigenvalue weighted by atomic mass is 16.7. The molecule has 2 atom stereocenters. The van der Waals surface area contributed by atoms with Crippen molar-refractivity contribution in [3.63, 3.8) is 0 Å². The van der Waals surface area contributed by atoms with Crippen LogP contribution in [0.2, 0.25) is 0 Å². The van der Waals surface area contributed by atoms with Crippen molar-refractivity contribution in [2.24, 2.45) is 17.3 Å². The van der Waals surface area contributed by atoms with E-state index in [1.54, 1.807) is 0 Å². The van der Waals surface area contributed by atoms with E-state index in [9.17, 15) is 0 Å². The Morgan fingerprint density at radius 3 is 2.50 bits per heavy atom. The molecule has 104 valence electrons. The van der Waals surface area contributed by atoms with Crippen LogP contribution < -0.4 is 0 Å². The van der Waals surface area contributed by atoms with Crippen LogP contribution in [0.5, 0.6) is 0 Å². The summed E-state index contributed by atoms with van der Waals surface area (Å²) in [6.07, 6.45) is 7.10. The van der Waals surface area contributed by atoms with Gasteiger partial charge in [0.05, 0.1) is 13.2 Å². The van der Waals surface area contributed by atoms with Gasteiger partial charge in [-0.1, -0.05) is 38.8 Å². The van der Waals surface area contributed by atoms with E-state index >= 15 is 0 Å². The fraction of sp³-hybridized carbons (Fsp3) is 0.875. The van der Waals surface area contributed by atoms with Crippen LogP contribution in [-0.2, 0) is 9.47 Å². The Morgan fingerprint density at radius 2 is 1.94 bits per heavy atom. The lowest BCUT2D eigenvalue weighted by Crippen LogP contribution is -2.50. The summed E-state index contributed by atoms with van der Waals surface area (Å²) >= 11 is 0. The number of ether oxygens (including phenoxy) is 2. The maximum atomic E-state index is 6.00. The predicted octanol–water partition coefficient (Wildman–Crippen LogP) is 4.16. The SMILES string of the molecule is CCCCC1OCC2(CO1)[C@H](C)C=C(C)C[C@H]2C. The molecule has 2 aliphatic rings. The second kappa shape index (κ2) is 5.75. The van der Waals surface area contributed by atoms with E-state index in [-0.39, 0.29) is 11.7 Å². The second-order valence-corrected chi connectivity index (χ2v) is 6.33. The minimum atomic E-state index is 0.0435. The van der Waals surface area contributed by atoms with Crippen LogP contribution in [0, 0.1) is 17.3 Å². The molecule has 0 aromatic heterocycles. The molecule has 2 heteroatoms. The first-order chi connectivity index (χ1) is 8.58. The summed E-state index contributed by atoms with van der Waals surface area (Å²) in [4.78, 5) is 0. The largest absolute Gasteiger partial charge is 0.352 e. The van der Waals surface area contributed by atoms with E-state index in [2.05, 4.69) is 33.8 Å². The molecule has 1 heterocycles. The number of allylic oxidation sites excluding steroid dienone is 2. The first-order valence-corrected chi connectivity index (χ1v) is 7.49. The zero-order valence-corrected chi connectivity index (χ0v) is 12.4. The van der Waals surface area contributed by atoms with Crippen LogP contribution in [0.15, 0.2) is 11.6 Å². The van der Waals surface area contributed by atoms with E-state index < -0.39 is 0 Å². The van der Waals surface area contributed by atoms with E-state index in [1.807, 2.05) is 0 Å². The minimum Gasteiger partial charge on any atom is -0.352 e. The third-order valence-corrected chi connectivity index (χ3v) is 4.92. The highest BCUT2D eigenvalue weighted by Crippen LogP contribution is 2.47. The van der Waals surface area contributed by atoms with Crippen molar-refractivity contribution in [1.82, 2.24) is 0 Å². The number of unbranched alkanes of at least 4 members (excludes halogenated alkanes) is 1. The van der Waals surface area contributed by atoms with Gasteiger partial charge in [0.2, 0.25) is 0 Å². The Bertz CT molecular complexity index is 300. The lowest BCUT2D eigenvalue weighted by molar-refractivity contribution is -0.251. The molecule has 0 amide bonds. The number of hydrogen-bond donors (Lipinski definition) is 0. The van der Waals surface area contributed by atoms with Gasteiger partial charge in [-0.3, -0.25) is 0 Å². The van der Waals surface area contributed by atoms with Gasteiger partial charge in [-0.2, -0.15) is 0 Å². The van der Waals surface area contributed by atoms with Crippen LogP contribution in [0.25, 0.3) is 0 Å². The summed E-state index contributed by atoms with van der Waals surface area (Å²) in [7, 11) is 0. The highest BCUT2D eigenvalue weighted by molar-refractivity contribution is 5.13. The Labute approximate surface area is 112 Å². The smallest absolute Gasteiger partial charge is 0.157 e. The van der Waals surface area contributed by atoms with Gasteiger partial charge in [0.15, 0.2) is 6.29 Å². The molecule has 0 saturated carbocycles. The Balaban J connectivity index is 1.98. The average Bonchev–Trinajstić information content (AvgIpc) is 2.35. The first-order valence-electron chi connectivity index (χ1n) is 7.49. The predicted molar refractivity (Wildman–Crippen MR) is 74.4 cm³/mol. The van der Waals surface area contributed by atoms with Crippen LogP contribution in [-0.4, -0.2) is 19.5 Å². The zero-order chi connectivity index (χ0) is 13.2. The molecule has 0 bridgehead atoms. The van der Waals surface area contributed by atoms with Crippen LogP contribution in [0.1, 0.15) is 53.4 Å². The molecular weight excluding hydrogens is 224 g/mol. The third-order valence-electron chi connectivity index (χ3n) is 4.92. The van der Waals surface area contributed by atoms with Gasteiger partial charge >= 0.3 is 0 Å². The topological polar surface area (TPSA) is 18.5 Å². The van der Waals surface area contributed by atoms with Gasteiger partial charge in [-0.25, -0.2) is 0 Å². The molecule has 0 aromatic carbocycles. The molecule has 1 aliphatic heterocycles. The molecule has 1 saturated heterocycles. The monoisotopic (exact) mass is 252 g/mol. The third kappa shape index (κ3) is 2.65. The maximum absolute atomic E-state index is 6.00. The summed E-state index contributed by atoms with van der Waals surface area (Å²) in [5.74, 6) is 1.22. The van der Waals surface area contributed by atoms with Gasteiger partial charge in [0, 0.05) is 5.41 Å². The van der Waals surface area contributed by atoms with Gasteiger partial charge in [0.1, 0.15) is 0 Å². The van der Waals surface area contributed by atoms with Crippen molar-refractivity contribution in [2.75, 3.05) is 13.2 Å². The van der Waals surface area contributed by atoms with Crippen molar-refractivity contribution in [2.45, 2.75) is 59.7 Å². The van der Waals surface area contributed by atoms with Gasteiger partial charge in [0.25, 0.3) is 0 Å². The summed E-state index contributed by atoms with van der Waals surface area (Å²) in [5.41, 5.74) is 1.73. The van der Waals surface area contributed by atoms with Crippen LogP contribution in [0.4, 0.5) is 0 Å². The normalized spacial score (nSPS) is 40.9. The average molecular weight is 252 g/mol. The van der Waals surface area contributed by atoms with Crippen LogP contribution >= 0.6 is 0 Å². The van der Waals surface area contributed by atoms with Crippen molar-refractivity contribution in [3.05, 3.63) is 11.6 Å². The maximum Gasteiger partial charge on any atom is 0.157 e. The van der Waals surface area contributed by atoms with Gasteiger partial charge in [-0.05, 0) is 38.0 Å². The minimum absolute atomic E-state index is 0.0435. The second-order valence-electron chi connectivity index (χ2n) is 6.33.